The predicted octanol–water partition coefficient (Wildman–Crippen LogP) is 3.07. The molecule has 1 aliphatic heterocycles. The van der Waals surface area contributed by atoms with E-state index >= 15 is 0 Å². The predicted molar refractivity (Wildman–Crippen MR) is 93.6 cm³/mol. The van der Waals surface area contributed by atoms with Crippen LogP contribution in [0.2, 0.25) is 0 Å². The Morgan fingerprint density at radius 2 is 1.72 bits per heavy atom. The second kappa shape index (κ2) is 7.44. The van der Waals surface area contributed by atoms with Crippen LogP contribution >= 0.6 is 0 Å². The molecule has 1 saturated heterocycles. The molecule has 1 fully saturated rings. The number of para-hydroxylation sites is 1. The Labute approximate surface area is 146 Å². The highest BCUT2D eigenvalue weighted by molar-refractivity contribution is 5.98. The van der Waals surface area contributed by atoms with E-state index in [1.165, 1.54) is 12.1 Å². The smallest absolute Gasteiger partial charge is 0.282 e. The van der Waals surface area contributed by atoms with Crippen LogP contribution < -0.4 is 5.32 Å². The minimum absolute atomic E-state index is 0.0859. The van der Waals surface area contributed by atoms with Gasteiger partial charge in [0.25, 0.3) is 11.6 Å². The molecule has 0 bridgehead atoms. The number of ether oxygens (including phenoxy) is 1. The lowest BCUT2D eigenvalue weighted by Gasteiger charge is -2.38. The topological polar surface area (TPSA) is 81.5 Å². The van der Waals surface area contributed by atoms with Crippen LogP contribution in [0.3, 0.4) is 0 Å². The van der Waals surface area contributed by atoms with Gasteiger partial charge in [0.05, 0.1) is 4.92 Å². The quantitative estimate of drug-likeness (QED) is 0.670. The summed E-state index contributed by atoms with van der Waals surface area (Å²) in [6, 6.07) is 16.0. The van der Waals surface area contributed by atoms with Crippen LogP contribution in [0.25, 0.3) is 0 Å². The zero-order valence-corrected chi connectivity index (χ0v) is 13.8. The largest absolute Gasteiger partial charge is 0.381 e. The molecule has 0 aromatic heterocycles. The minimum Gasteiger partial charge on any atom is -0.381 e. The molecular formula is C19H20N2O4. The van der Waals surface area contributed by atoms with Crippen LogP contribution in [0.5, 0.6) is 0 Å². The van der Waals surface area contributed by atoms with E-state index in [4.69, 9.17) is 4.74 Å². The summed E-state index contributed by atoms with van der Waals surface area (Å²) in [4.78, 5) is 23.1. The highest BCUT2D eigenvalue weighted by Gasteiger charge is 2.35. The van der Waals surface area contributed by atoms with Gasteiger partial charge in [-0.25, -0.2) is 0 Å². The normalized spacial score (nSPS) is 16.2. The van der Waals surface area contributed by atoms with Crippen LogP contribution in [0.1, 0.15) is 28.8 Å². The lowest BCUT2D eigenvalue weighted by molar-refractivity contribution is -0.385. The van der Waals surface area contributed by atoms with Gasteiger partial charge >= 0.3 is 0 Å². The Hall–Kier alpha value is -2.73. The first kappa shape index (κ1) is 17.1. The zero-order chi connectivity index (χ0) is 17.7. The summed E-state index contributed by atoms with van der Waals surface area (Å²) >= 11 is 0. The third kappa shape index (κ3) is 3.69. The molecule has 0 atom stereocenters. The maximum atomic E-state index is 12.5. The third-order valence-electron chi connectivity index (χ3n) is 4.77. The Kier molecular flexibility index (Phi) is 5.09. The number of hydrogen-bond donors (Lipinski definition) is 1. The maximum absolute atomic E-state index is 12.5. The van der Waals surface area contributed by atoms with E-state index in [1.807, 2.05) is 18.2 Å². The Morgan fingerprint density at radius 1 is 1.08 bits per heavy atom. The lowest BCUT2D eigenvalue weighted by Crippen LogP contribution is -2.44. The van der Waals surface area contributed by atoms with Crippen molar-refractivity contribution in [3.63, 3.8) is 0 Å². The molecule has 6 heteroatoms. The SMILES string of the molecule is O=C(NCC1(c2ccccc2)CCOCC1)c1ccccc1[N+](=O)[O-]. The van der Waals surface area contributed by atoms with Gasteiger partial charge in [-0.15, -0.1) is 0 Å². The fraction of sp³-hybridized carbons (Fsp3) is 0.316. The van der Waals surface area contributed by atoms with Crippen LogP contribution in [0.15, 0.2) is 54.6 Å². The van der Waals surface area contributed by atoms with Crippen molar-refractivity contribution in [2.45, 2.75) is 18.3 Å². The molecular weight excluding hydrogens is 320 g/mol. The van der Waals surface area contributed by atoms with E-state index in [9.17, 15) is 14.9 Å². The fourth-order valence-electron chi connectivity index (χ4n) is 3.29. The van der Waals surface area contributed by atoms with Gasteiger partial charge in [-0.05, 0) is 24.5 Å². The Bertz CT molecular complexity index is 755. The number of hydrogen-bond acceptors (Lipinski definition) is 4. The first-order valence-electron chi connectivity index (χ1n) is 8.27. The summed E-state index contributed by atoms with van der Waals surface area (Å²) < 4.78 is 5.49. The lowest BCUT2D eigenvalue weighted by atomic mass is 9.74. The summed E-state index contributed by atoms with van der Waals surface area (Å²) in [6.07, 6.45) is 1.60. The van der Waals surface area contributed by atoms with Crippen molar-refractivity contribution in [2.24, 2.45) is 0 Å². The minimum atomic E-state index is -0.531. The monoisotopic (exact) mass is 340 g/mol. The van der Waals surface area contributed by atoms with Crippen molar-refractivity contribution in [1.82, 2.24) is 5.32 Å². The summed E-state index contributed by atoms with van der Waals surface area (Å²) in [5.41, 5.74) is 0.850. The highest BCUT2D eigenvalue weighted by atomic mass is 16.6. The average molecular weight is 340 g/mol. The number of rotatable bonds is 5. The van der Waals surface area contributed by atoms with Crippen molar-refractivity contribution in [2.75, 3.05) is 19.8 Å². The summed E-state index contributed by atoms with van der Waals surface area (Å²) in [5.74, 6) is -0.422. The highest BCUT2D eigenvalue weighted by Crippen LogP contribution is 2.34. The maximum Gasteiger partial charge on any atom is 0.282 e. The Balaban J connectivity index is 1.80. The molecule has 0 radical (unpaired) electrons. The van der Waals surface area contributed by atoms with E-state index in [0.717, 1.165) is 18.4 Å². The average Bonchev–Trinajstić information content (AvgIpc) is 2.67. The third-order valence-corrected chi connectivity index (χ3v) is 4.77. The molecule has 1 amide bonds. The summed E-state index contributed by atoms with van der Waals surface area (Å²) in [7, 11) is 0. The molecule has 3 rings (SSSR count). The van der Waals surface area contributed by atoms with Gasteiger partial charge in [-0.2, -0.15) is 0 Å². The molecule has 25 heavy (non-hydrogen) atoms. The van der Waals surface area contributed by atoms with Gasteiger partial charge in [0.2, 0.25) is 0 Å². The van der Waals surface area contributed by atoms with E-state index in [0.29, 0.717) is 19.8 Å². The molecule has 1 N–H and O–H groups in total. The van der Waals surface area contributed by atoms with E-state index in [1.54, 1.807) is 12.1 Å². The number of benzene rings is 2. The number of nitrogens with zero attached hydrogens (tertiary/aromatic N) is 1. The van der Waals surface area contributed by atoms with Gasteiger partial charge < -0.3 is 10.1 Å². The van der Waals surface area contributed by atoms with E-state index in [-0.39, 0.29) is 16.7 Å². The standard InChI is InChI=1S/C19H20N2O4/c22-18(16-8-4-5-9-17(16)21(23)24)20-14-19(10-12-25-13-11-19)15-6-2-1-3-7-15/h1-9H,10-14H2,(H,20,22). The number of carbonyl (C=O) groups excluding carboxylic acids is 1. The molecule has 1 heterocycles. The van der Waals surface area contributed by atoms with E-state index < -0.39 is 10.8 Å². The van der Waals surface area contributed by atoms with Crippen molar-refractivity contribution in [1.29, 1.82) is 0 Å². The molecule has 1 aliphatic rings. The number of amides is 1. The van der Waals surface area contributed by atoms with Crippen LogP contribution in [0, 0.1) is 10.1 Å². The second-order valence-corrected chi connectivity index (χ2v) is 6.22. The van der Waals surface area contributed by atoms with Crippen molar-refractivity contribution >= 4 is 11.6 Å². The number of nitro benzene ring substituents is 1. The molecule has 0 spiro atoms. The van der Waals surface area contributed by atoms with Crippen molar-refractivity contribution in [3.05, 3.63) is 75.8 Å². The van der Waals surface area contributed by atoms with Crippen molar-refractivity contribution < 1.29 is 14.5 Å². The van der Waals surface area contributed by atoms with Gasteiger partial charge in [0.1, 0.15) is 5.56 Å². The molecule has 130 valence electrons. The van der Waals surface area contributed by atoms with Crippen molar-refractivity contribution in [3.8, 4) is 0 Å². The first-order chi connectivity index (χ1) is 12.1. The van der Waals surface area contributed by atoms with Gasteiger partial charge in [0.15, 0.2) is 0 Å². The molecule has 2 aromatic carbocycles. The molecule has 0 unspecified atom stereocenters. The summed E-state index contributed by atoms with van der Waals surface area (Å²) in [5, 5.41) is 14.0. The van der Waals surface area contributed by atoms with Crippen LogP contribution in [-0.2, 0) is 10.2 Å². The first-order valence-corrected chi connectivity index (χ1v) is 8.27. The van der Waals surface area contributed by atoms with Gasteiger partial charge in [-0.3, -0.25) is 14.9 Å². The molecule has 0 aliphatic carbocycles. The molecule has 0 saturated carbocycles. The van der Waals surface area contributed by atoms with Gasteiger partial charge in [-0.1, -0.05) is 42.5 Å². The van der Waals surface area contributed by atoms with E-state index in [2.05, 4.69) is 17.4 Å². The second-order valence-electron chi connectivity index (χ2n) is 6.22. The molecule has 2 aromatic rings. The number of nitrogens with one attached hydrogen (secondary N) is 1. The number of nitro groups is 1. The van der Waals surface area contributed by atoms with Gasteiger partial charge in [0, 0.05) is 31.2 Å². The molecule has 6 nitrogen and oxygen atoms in total. The number of carbonyl (C=O) groups is 1. The van der Waals surface area contributed by atoms with Crippen LogP contribution in [-0.4, -0.2) is 30.6 Å². The summed E-state index contributed by atoms with van der Waals surface area (Å²) in [6.45, 7) is 1.69. The Morgan fingerprint density at radius 3 is 2.40 bits per heavy atom. The zero-order valence-electron chi connectivity index (χ0n) is 13.8. The van der Waals surface area contributed by atoms with Crippen LogP contribution in [0.4, 0.5) is 5.69 Å². The fourth-order valence-corrected chi connectivity index (χ4v) is 3.29.